The third-order valence-corrected chi connectivity index (χ3v) is 4.42. The molecule has 0 unspecified atom stereocenters. The Hall–Kier alpha value is -3.09. The molecule has 1 aliphatic rings. The van der Waals surface area contributed by atoms with Crippen molar-refractivity contribution in [3.8, 4) is 6.57 Å². The van der Waals surface area contributed by atoms with Crippen molar-refractivity contribution in [1.29, 1.82) is 5.26 Å². The average Bonchev–Trinajstić information content (AvgIpc) is 3.09. The number of hydrogen-bond acceptors (Lipinski definition) is 5. The number of aromatic nitrogens is 3. The van der Waals surface area contributed by atoms with Gasteiger partial charge in [0.1, 0.15) is 5.56 Å². The minimum atomic E-state index is -4.31. The summed E-state index contributed by atoms with van der Waals surface area (Å²) >= 11 is 0. The van der Waals surface area contributed by atoms with Crippen molar-refractivity contribution < 1.29 is 18.0 Å². The number of carbonyl (C=O) groups excluding carboxylic acids is 1. The minimum absolute atomic E-state index is 0.0779. The number of rotatable bonds is 5. The van der Waals surface area contributed by atoms with Crippen LogP contribution in [0.2, 0.25) is 0 Å². The molecule has 2 aromatic heterocycles. The van der Waals surface area contributed by atoms with Crippen molar-refractivity contribution >= 4 is 17.4 Å². The van der Waals surface area contributed by atoms with Crippen LogP contribution in [0.15, 0.2) is 24.5 Å². The van der Waals surface area contributed by atoms with Crippen molar-refractivity contribution in [3.05, 3.63) is 35.8 Å². The number of pyridine rings is 1. The first kappa shape index (κ1) is 21.2. The molecule has 1 aliphatic carbocycles. The third kappa shape index (κ3) is 5.70. The zero-order valence-corrected chi connectivity index (χ0v) is 15.1. The van der Waals surface area contributed by atoms with E-state index < -0.39 is 18.5 Å². The van der Waals surface area contributed by atoms with E-state index in [-0.39, 0.29) is 23.1 Å². The molecule has 2 aromatic rings. The molecule has 0 saturated heterocycles. The van der Waals surface area contributed by atoms with Crippen LogP contribution in [0.1, 0.15) is 54.2 Å². The molecule has 10 heteroatoms. The molecule has 150 valence electrons. The van der Waals surface area contributed by atoms with Gasteiger partial charge in [0.05, 0.1) is 24.3 Å². The topological polar surface area (TPSA) is 110 Å². The number of nitrogens with one attached hydrogen (secondary N) is 1. The van der Waals surface area contributed by atoms with Crippen molar-refractivity contribution in [2.45, 2.75) is 50.7 Å². The lowest BCUT2D eigenvalue weighted by atomic mass is 9.96. The molecule has 7 nitrogen and oxygen atoms in total. The summed E-state index contributed by atoms with van der Waals surface area (Å²) in [5.41, 5.74) is 6.04. The highest BCUT2D eigenvalue weighted by molar-refractivity contribution is 5.98. The average molecular weight is 394 g/mol. The number of alkyl halides is 3. The number of amides is 1. The SMILES string of the molecule is C#N.NC(=O)c1cn(C2CCCCC2)nc1Nc1ccc(CC(F)(F)F)nc1. The smallest absolute Gasteiger partial charge is 0.365 e. The summed E-state index contributed by atoms with van der Waals surface area (Å²) in [4.78, 5) is 15.5. The summed E-state index contributed by atoms with van der Waals surface area (Å²) in [6.45, 7) is 3.50. The lowest BCUT2D eigenvalue weighted by Crippen LogP contribution is -2.14. The monoisotopic (exact) mass is 394 g/mol. The molecule has 0 radical (unpaired) electrons. The highest BCUT2D eigenvalue weighted by Gasteiger charge is 2.28. The second-order valence-electron chi connectivity index (χ2n) is 6.48. The number of hydrogen-bond donors (Lipinski definition) is 2. The second-order valence-corrected chi connectivity index (χ2v) is 6.48. The van der Waals surface area contributed by atoms with Crippen molar-refractivity contribution in [2.75, 3.05) is 5.32 Å². The maximum Gasteiger partial charge on any atom is 0.394 e. The fourth-order valence-corrected chi connectivity index (χ4v) is 3.14. The molecular formula is C18H21F3N6O. The van der Waals surface area contributed by atoms with Crippen LogP contribution in [-0.4, -0.2) is 26.8 Å². The lowest BCUT2D eigenvalue weighted by Gasteiger charge is -2.21. The van der Waals surface area contributed by atoms with E-state index in [0.717, 1.165) is 25.7 Å². The first-order valence-corrected chi connectivity index (χ1v) is 8.75. The Morgan fingerprint density at radius 3 is 2.50 bits per heavy atom. The maximum absolute atomic E-state index is 12.4. The van der Waals surface area contributed by atoms with Crippen molar-refractivity contribution in [2.24, 2.45) is 5.73 Å². The highest BCUT2D eigenvalue weighted by atomic mass is 19.4. The number of carbonyl (C=O) groups is 1. The van der Waals surface area contributed by atoms with Gasteiger partial charge in [-0.25, -0.2) is 5.26 Å². The van der Waals surface area contributed by atoms with Gasteiger partial charge in [-0.15, -0.1) is 0 Å². The highest BCUT2D eigenvalue weighted by Crippen LogP contribution is 2.30. The number of nitriles is 1. The Morgan fingerprint density at radius 2 is 1.96 bits per heavy atom. The van der Waals surface area contributed by atoms with Crippen molar-refractivity contribution in [1.82, 2.24) is 14.8 Å². The Kier molecular flexibility index (Phi) is 6.98. The standard InChI is InChI=1S/C17H20F3N5O.CHN/c18-17(19,20)8-11-6-7-12(9-22-11)23-16-14(15(21)26)10-25(24-16)13-4-2-1-3-5-13;1-2/h6-7,9-10,13H,1-5,8H2,(H2,21,26)(H,23,24);1H. The van der Waals surface area contributed by atoms with E-state index >= 15 is 0 Å². The normalized spacial score (nSPS) is 14.8. The van der Waals surface area contributed by atoms with Gasteiger partial charge in [-0.2, -0.15) is 18.3 Å². The largest absolute Gasteiger partial charge is 0.394 e. The molecule has 0 spiro atoms. The van der Waals surface area contributed by atoms with Gasteiger partial charge in [-0.3, -0.25) is 14.5 Å². The molecule has 2 heterocycles. The van der Waals surface area contributed by atoms with Crippen LogP contribution in [0.3, 0.4) is 0 Å². The summed E-state index contributed by atoms with van der Waals surface area (Å²) in [6.07, 6.45) is 2.93. The fourth-order valence-electron chi connectivity index (χ4n) is 3.14. The zero-order chi connectivity index (χ0) is 20.7. The Bertz CT molecular complexity index is 807. The molecule has 3 rings (SSSR count). The zero-order valence-electron chi connectivity index (χ0n) is 15.1. The molecule has 0 atom stereocenters. The van der Waals surface area contributed by atoms with Crippen LogP contribution < -0.4 is 11.1 Å². The minimum Gasteiger partial charge on any atom is -0.365 e. The molecule has 3 N–H and O–H groups in total. The van der Waals surface area contributed by atoms with Gasteiger partial charge in [-0.1, -0.05) is 19.3 Å². The van der Waals surface area contributed by atoms with E-state index in [1.54, 1.807) is 10.9 Å². The number of primary amides is 1. The third-order valence-electron chi connectivity index (χ3n) is 4.42. The van der Waals surface area contributed by atoms with Gasteiger partial charge in [0.2, 0.25) is 0 Å². The maximum atomic E-state index is 12.4. The number of nitrogens with two attached hydrogens (primary N) is 1. The Balaban J connectivity index is 0.00000136. The van der Waals surface area contributed by atoms with E-state index in [9.17, 15) is 18.0 Å². The number of halogens is 3. The summed E-state index contributed by atoms with van der Waals surface area (Å²) < 4.78 is 38.9. The molecule has 1 fully saturated rings. The quantitative estimate of drug-likeness (QED) is 0.800. The predicted molar refractivity (Wildman–Crippen MR) is 96.8 cm³/mol. The summed E-state index contributed by atoms with van der Waals surface area (Å²) in [5, 5.41) is 13.9. The molecule has 0 bridgehead atoms. The van der Waals surface area contributed by atoms with Crippen LogP contribution in [-0.2, 0) is 6.42 Å². The molecule has 28 heavy (non-hydrogen) atoms. The van der Waals surface area contributed by atoms with E-state index in [2.05, 4.69) is 22.0 Å². The summed E-state index contributed by atoms with van der Waals surface area (Å²) in [5.74, 6) is -0.329. The number of nitrogens with zero attached hydrogens (tertiary/aromatic N) is 4. The predicted octanol–water partition coefficient (Wildman–Crippen LogP) is 3.87. The van der Waals surface area contributed by atoms with Gasteiger partial charge in [0, 0.05) is 18.5 Å². The first-order chi connectivity index (χ1) is 13.3. The molecular weight excluding hydrogens is 373 g/mol. The van der Waals surface area contributed by atoms with Crippen LogP contribution in [0, 0.1) is 11.8 Å². The molecule has 0 aliphatic heterocycles. The van der Waals surface area contributed by atoms with E-state index in [1.165, 1.54) is 24.8 Å². The van der Waals surface area contributed by atoms with Crippen molar-refractivity contribution in [3.63, 3.8) is 0 Å². The summed E-state index contributed by atoms with van der Waals surface area (Å²) in [7, 11) is 0. The molecule has 0 aromatic carbocycles. The van der Waals surface area contributed by atoms with Crippen LogP contribution >= 0.6 is 0 Å². The van der Waals surface area contributed by atoms with Gasteiger partial charge < -0.3 is 11.1 Å². The van der Waals surface area contributed by atoms with Crippen LogP contribution in [0.25, 0.3) is 0 Å². The Morgan fingerprint density at radius 1 is 1.29 bits per heavy atom. The molecule has 1 saturated carbocycles. The van der Waals surface area contributed by atoms with Gasteiger partial charge >= 0.3 is 6.18 Å². The molecule has 1 amide bonds. The van der Waals surface area contributed by atoms with E-state index in [0.29, 0.717) is 5.69 Å². The van der Waals surface area contributed by atoms with Crippen LogP contribution in [0.4, 0.5) is 24.7 Å². The summed E-state index contributed by atoms with van der Waals surface area (Å²) in [6, 6.07) is 2.99. The lowest BCUT2D eigenvalue weighted by molar-refractivity contribution is -0.127. The van der Waals surface area contributed by atoms with E-state index in [1.807, 2.05) is 0 Å². The van der Waals surface area contributed by atoms with Gasteiger partial charge in [0.25, 0.3) is 5.91 Å². The number of anilines is 2. The Labute approximate surface area is 160 Å². The second kappa shape index (κ2) is 9.21. The fraction of sp³-hybridized carbons (Fsp3) is 0.444. The van der Waals surface area contributed by atoms with E-state index in [4.69, 9.17) is 11.0 Å². The van der Waals surface area contributed by atoms with Gasteiger partial charge in [-0.05, 0) is 25.0 Å². The first-order valence-electron chi connectivity index (χ1n) is 8.75. The van der Waals surface area contributed by atoms with Crippen LogP contribution in [0.5, 0.6) is 0 Å². The van der Waals surface area contributed by atoms with Gasteiger partial charge in [0.15, 0.2) is 5.82 Å².